The van der Waals surface area contributed by atoms with E-state index >= 15 is 0 Å². The second-order valence-electron chi connectivity index (χ2n) is 5.08. The van der Waals surface area contributed by atoms with Gasteiger partial charge in [-0.05, 0) is 24.6 Å². The third kappa shape index (κ3) is 2.78. The van der Waals surface area contributed by atoms with Gasteiger partial charge < -0.3 is 5.73 Å². The fourth-order valence-electron chi connectivity index (χ4n) is 2.09. The SMILES string of the molecule is C[Si](C)(C)CC1(CN)CCCS1. The highest BCUT2D eigenvalue weighted by molar-refractivity contribution is 8.01. The predicted octanol–water partition coefficient (Wildman–Crippen LogP) is 2.55. The van der Waals surface area contributed by atoms with Crippen LogP contribution in [0, 0.1) is 0 Å². The molecule has 1 unspecified atom stereocenters. The zero-order valence-electron chi connectivity index (χ0n) is 8.52. The van der Waals surface area contributed by atoms with Gasteiger partial charge in [0.15, 0.2) is 0 Å². The Morgan fingerprint density at radius 1 is 1.42 bits per heavy atom. The van der Waals surface area contributed by atoms with E-state index < -0.39 is 8.07 Å². The van der Waals surface area contributed by atoms with Gasteiger partial charge in [0, 0.05) is 19.4 Å². The number of rotatable bonds is 3. The third-order valence-electron chi connectivity index (χ3n) is 2.41. The van der Waals surface area contributed by atoms with Crippen LogP contribution >= 0.6 is 11.8 Å². The van der Waals surface area contributed by atoms with Crippen LogP contribution in [0.15, 0.2) is 0 Å². The van der Waals surface area contributed by atoms with E-state index in [2.05, 4.69) is 31.4 Å². The van der Waals surface area contributed by atoms with Gasteiger partial charge in [0.25, 0.3) is 0 Å². The monoisotopic (exact) mass is 203 g/mol. The summed E-state index contributed by atoms with van der Waals surface area (Å²) < 4.78 is 0.477. The Labute approximate surface area is 81.5 Å². The first-order valence-electron chi connectivity index (χ1n) is 4.82. The van der Waals surface area contributed by atoms with Gasteiger partial charge in [-0.3, -0.25) is 0 Å². The van der Waals surface area contributed by atoms with E-state index in [4.69, 9.17) is 5.73 Å². The molecule has 3 heteroatoms. The summed E-state index contributed by atoms with van der Waals surface area (Å²) in [6, 6.07) is 1.40. The minimum absolute atomic E-state index is 0.477. The summed E-state index contributed by atoms with van der Waals surface area (Å²) in [7, 11) is -0.916. The Kier molecular flexibility index (Phi) is 3.29. The maximum atomic E-state index is 5.88. The zero-order chi connectivity index (χ0) is 9.24. The molecule has 1 aliphatic rings. The number of hydrogen-bond acceptors (Lipinski definition) is 2. The molecule has 0 aromatic carbocycles. The highest BCUT2D eigenvalue weighted by atomic mass is 32.2. The van der Waals surface area contributed by atoms with Crippen LogP contribution in [-0.2, 0) is 0 Å². The van der Waals surface area contributed by atoms with Crippen LogP contribution < -0.4 is 5.73 Å². The van der Waals surface area contributed by atoms with E-state index in [-0.39, 0.29) is 0 Å². The van der Waals surface area contributed by atoms with Crippen molar-refractivity contribution >= 4 is 19.8 Å². The first-order chi connectivity index (χ1) is 5.47. The van der Waals surface area contributed by atoms with E-state index in [0.717, 1.165) is 6.54 Å². The second-order valence-corrected chi connectivity index (χ2v) is 12.1. The number of hydrogen-bond donors (Lipinski definition) is 1. The van der Waals surface area contributed by atoms with Gasteiger partial charge in [-0.25, -0.2) is 0 Å². The molecule has 72 valence electrons. The van der Waals surface area contributed by atoms with Crippen LogP contribution in [0.3, 0.4) is 0 Å². The fraction of sp³-hybridized carbons (Fsp3) is 1.00. The molecule has 0 radical (unpaired) electrons. The Hall–Kier alpha value is 0.527. The molecule has 0 aliphatic carbocycles. The molecule has 2 N–H and O–H groups in total. The maximum Gasteiger partial charge on any atom is 0.0456 e. The average molecular weight is 203 g/mol. The molecule has 0 saturated carbocycles. The van der Waals surface area contributed by atoms with Crippen LogP contribution in [-0.4, -0.2) is 25.1 Å². The van der Waals surface area contributed by atoms with Crippen molar-refractivity contribution in [2.45, 2.75) is 43.3 Å². The van der Waals surface area contributed by atoms with Crippen LogP contribution in [0.1, 0.15) is 12.8 Å². The van der Waals surface area contributed by atoms with E-state index in [1.54, 1.807) is 0 Å². The minimum Gasteiger partial charge on any atom is -0.329 e. The van der Waals surface area contributed by atoms with Crippen molar-refractivity contribution < 1.29 is 0 Å². The van der Waals surface area contributed by atoms with E-state index in [9.17, 15) is 0 Å². The van der Waals surface area contributed by atoms with Gasteiger partial charge in [0.1, 0.15) is 0 Å². The van der Waals surface area contributed by atoms with E-state index in [1.807, 2.05) is 0 Å². The van der Waals surface area contributed by atoms with E-state index in [0.29, 0.717) is 4.75 Å². The lowest BCUT2D eigenvalue weighted by atomic mass is 10.1. The zero-order valence-corrected chi connectivity index (χ0v) is 10.3. The smallest absolute Gasteiger partial charge is 0.0456 e. The third-order valence-corrected chi connectivity index (χ3v) is 6.02. The molecule has 1 nitrogen and oxygen atoms in total. The van der Waals surface area contributed by atoms with Crippen molar-refractivity contribution in [2.75, 3.05) is 12.3 Å². The summed E-state index contributed by atoms with van der Waals surface area (Å²) in [6.45, 7) is 8.23. The van der Waals surface area contributed by atoms with Crippen LogP contribution in [0.25, 0.3) is 0 Å². The molecule has 0 spiro atoms. The lowest BCUT2D eigenvalue weighted by Gasteiger charge is -2.32. The molecule has 1 fully saturated rings. The molecule has 1 rings (SSSR count). The Morgan fingerprint density at radius 2 is 2.08 bits per heavy atom. The number of thioether (sulfide) groups is 1. The topological polar surface area (TPSA) is 26.0 Å². The first-order valence-corrected chi connectivity index (χ1v) is 9.51. The minimum atomic E-state index is -0.916. The maximum absolute atomic E-state index is 5.88. The van der Waals surface area contributed by atoms with Gasteiger partial charge in [-0.2, -0.15) is 11.8 Å². The van der Waals surface area contributed by atoms with Crippen LogP contribution in [0.5, 0.6) is 0 Å². The molecular formula is C9H21NSSi. The standard InChI is InChI=1S/C9H21NSSi/c1-12(2,3)8-9(7-10)5-4-6-11-9/h4-8,10H2,1-3H3. The Morgan fingerprint density at radius 3 is 2.42 bits per heavy atom. The van der Waals surface area contributed by atoms with Gasteiger partial charge in [0.05, 0.1) is 0 Å². The quantitative estimate of drug-likeness (QED) is 0.714. The van der Waals surface area contributed by atoms with Crippen molar-refractivity contribution in [3.8, 4) is 0 Å². The van der Waals surface area contributed by atoms with Gasteiger partial charge >= 0.3 is 0 Å². The number of nitrogens with two attached hydrogens (primary N) is 1. The molecule has 0 aromatic heterocycles. The van der Waals surface area contributed by atoms with Crippen LogP contribution in [0.4, 0.5) is 0 Å². The largest absolute Gasteiger partial charge is 0.329 e. The summed E-state index contributed by atoms with van der Waals surface area (Å²) in [4.78, 5) is 0. The summed E-state index contributed by atoms with van der Waals surface area (Å²) in [5.74, 6) is 1.34. The van der Waals surface area contributed by atoms with Gasteiger partial charge in [0.2, 0.25) is 0 Å². The normalized spacial score (nSPS) is 31.0. The Bertz CT molecular complexity index is 147. The van der Waals surface area contributed by atoms with Crippen molar-refractivity contribution in [1.82, 2.24) is 0 Å². The molecule has 0 bridgehead atoms. The second kappa shape index (κ2) is 3.72. The average Bonchev–Trinajstić information content (AvgIpc) is 2.34. The van der Waals surface area contributed by atoms with Crippen molar-refractivity contribution in [1.29, 1.82) is 0 Å². The highest BCUT2D eigenvalue weighted by Gasteiger charge is 2.37. The summed E-state index contributed by atoms with van der Waals surface area (Å²) in [6.07, 6.45) is 2.74. The van der Waals surface area contributed by atoms with Gasteiger partial charge in [-0.15, -0.1) is 0 Å². The van der Waals surface area contributed by atoms with Crippen molar-refractivity contribution in [2.24, 2.45) is 5.73 Å². The summed E-state index contributed by atoms with van der Waals surface area (Å²) in [5.41, 5.74) is 5.88. The molecule has 1 aliphatic heterocycles. The van der Waals surface area contributed by atoms with E-state index in [1.165, 1.54) is 24.6 Å². The summed E-state index contributed by atoms with van der Waals surface area (Å²) in [5, 5.41) is 0. The highest BCUT2D eigenvalue weighted by Crippen LogP contribution is 2.43. The van der Waals surface area contributed by atoms with Crippen LogP contribution in [0.2, 0.25) is 25.7 Å². The molecule has 0 aromatic rings. The van der Waals surface area contributed by atoms with Gasteiger partial charge in [-0.1, -0.05) is 19.6 Å². The fourth-order valence-corrected chi connectivity index (χ4v) is 7.18. The van der Waals surface area contributed by atoms with Crippen molar-refractivity contribution in [3.63, 3.8) is 0 Å². The molecule has 0 amide bonds. The predicted molar refractivity (Wildman–Crippen MR) is 61.6 cm³/mol. The first kappa shape index (κ1) is 10.6. The Balaban J connectivity index is 2.55. The molecule has 1 heterocycles. The summed E-state index contributed by atoms with van der Waals surface area (Å²) >= 11 is 2.13. The molecule has 1 saturated heterocycles. The lowest BCUT2D eigenvalue weighted by molar-refractivity contribution is 0.610. The lowest BCUT2D eigenvalue weighted by Crippen LogP contribution is -2.39. The molecule has 1 atom stereocenters. The molecule has 12 heavy (non-hydrogen) atoms. The van der Waals surface area contributed by atoms with Crippen molar-refractivity contribution in [3.05, 3.63) is 0 Å². The molecular weight excluding hydrogens is 182 g/mol.